The van der Waals surface area contributed by atoms with Crippen molar-refractivity contribution >= 4 is 5.96 Å². The summed E-state index contributed by atoms with van der Waals surface area (Å²) in [6.07, 6.45) is 1.66. The number of nitrogens with one attached hydrogen (secondary N) is 2. The van der Waals surface area contributed by atoms with Gasteiger partial charge in [0.25, 0.3) is 0 Å². The number of guanidine groups is 1. The van der Waals surface area contributed by atoms with Crippen molar-refractivity contribution < 1.29 is 13.9 Å². The Hall–Kier alpha value is -2.60. The van der Waals surface area contributed by atoms with E-state index in [1.807, 2.05) is 31.2 Å². The first-order chi connectivity index (χ1) is 13.7. The maximum atomic E-state index is 13.0. The zero-order chi connectivity index (χ0) is 20.0. The summed E-state index contributed by atoms with van der Waals surface area (Å²) in [6, 6.07) is 14.6. The average Bonchev–Trinajstić information content (AvgIpc) is 2.71. The van der Waals surface area contributed by atoms with Crippen LogP contribution in [0.25, 0.3) is 0 Å². The summed E-state index contributed by atoms with van der Waals surface area (Å²) in [5.74, 6) is 1.39. The molecular weight excluding hydrogens is 357 g/mol. The van der Waals surface area contributed by atoms with E-state index in [0.717, 1.165) is 48.8 Å². The molecule has 6 heteroatoms. The van der Waals surface area contributed by atoms with Gasteiger partial charge in [-0.15, -0.1) is 0 Å². The third kappa shape index (κ3) is 8.39. The molecular formula is C22H30FN3O2. The molecule has 0 unspecified atom stereocenters. The summed E-state index contributed by atoms with van der Waals surface area (Å²) < 4.78 is 23.7. The Kier molecular flexibility index (Phi) is 9.86. The Balaban J connectivity index is 1.84. The summed E-state index contributed by atoms with van der Waals surface area (Å²) in [4.78, 5) is 4.64. The van der Waals surface area contributed by atoms with E-state index in [4.69, 9.17) is 9.47 Å². The molecule has 0 heterocycles. The lowest BCUT2D eigenvalue weighted by molar-refractivity contribution is 0.172. The van der Waals surface area contributed by atoms with Gasteiger partial charge in [0.1, 0.15) is 11.6 Å². The summed E-state index contributed by atoms with van der Waals surface area (Å²) >= 11 is 0. The Morgan fingerprint density at radius 2 is 1.86 bits per heavy atom. The highest BCUT2D eigenvalue weighted by molar-refractivity contribution is 5.79. The molecule has 28 heavy (non-hydrogen) atoms. The SMILES string of the molecule is CCNC(=NCc1cccc(OCCCOC)c1)NCCc1ccc(F)cc1. The molecule has 5 nitrogen and oxygen atoms in total. The van der Waals surface area contributed by atoms with E-state index >= 15 is 0 Å². The molecule has 0 aromatic heterocycles. The van der Waals surface area contributed by atoms with Crippen LogP contribution in [-0.4, -0.2) is 39.4 Å². The predicted molar refractivity (Wildman–Crippen MR) is 111 cm³/mol. The van der Waals surface area contributed by atoms with Gasteiger partial charge >= 0.3 is 0 Å². The molecule has 0 aliphatic heterocycles. The van der Waals surface area contributed by atoms with E-state index in [1.165, 1.54) is 12.1 Å². The fourth-order valence-corrected chi connectivity index (χ4v) is 2.62. The highest BCUT2D eigenvalue weighted by Gasteiger charge is 2.01. The molecule has 0 saturated carbocycles. The Labute approximate surface area is 167 Å². The molecule has 152 valence electrons. The second-order valence-corrected chi connectivity index (χ2v) is 6.34. The first-order valence-corrected chi connectivity index (χ1v) is 9.68. The molecule has 0 atom stereocenters. The molecule has 2 aromatic carbocycles. The van der Waals surface area contributed by atoms with Gasteiger partial charge in [-0.05, 0) is 48.7 Å². The summed E-state index contributed by atoms with van der Waals surface area (Å²) in [7, 11) is 1.69. The smallest absolute Gasteiger partial charge is 0.191 e. The van der Waals surface area contributed by atoms with Gasteiger partial charge in [0.15, 0.2) is 5.96 Å². The van der Waals surface area contributed by atoms with Gasteiger partial charge in [-0.2, -0.15) is 0 Å². The topological polar surface area (TPSA) is 54.9 Å². The van der Waals surface area contributed by atoms with E-state index in [-0.39, 0.29) is 5.82 Å². The minimum Gasteiger partial charge on any atom is -0.493 e. The maximum absolute atomic E-state index is 13.0. The quantitative estimate of drug-likeness (QED) is 0.352. The number of halogens is 1. The Morgan fingerprint density at radius 3 is 2.61 bits per heavy atom. The first-order valence-electron chi connectivity index (χ1n) is 9.68. The van der Waals surface area contributed by atoms with Crippen LogP contribution in [0.15, 0.2) is 53.5 Å². The summed E-state index contributed by atoms with van der Waals surface area (Å²) in [5.41, 5.74) is 2.17. The third-order valence-corrected chi connectivity index (χ3v) is 4.04. The average molecular weight is 387 g/mol. The van der Waals surface area contributed by atoms with Crippen LogP contribution in [0.5, 0.6) is 5.75 Å². The van der Waals surface area contributed by atoms with E-state index in [2.05, 4.69) is 15.6 Å². The number of ether oxygens (including phenoxy) is 2. The molecule has 0 radical (unpaired) electrons. The van der Waals surface area contributed by atoms with Crippen molar-refractivity contribution in [2.75, 3.05) is 33.4 Å². The fraction of sp³-hybridized carbons (Fsp3) is 0.409. The van der Waals surface area contributed by atoms with E-state index in [1.54, 1.807) is 19.2 Å². The standard InChI is InChI=1S/C22H30FN3O2/c1-3-24-22(25-13-12-18-8-10-20(23)11-9-18)26-17-19-6-4-7-21(16-19)28-15-5-14-27-2/h4,6-11,16H,3,5,12-15,17H2,1-2H3,(H2,24,25,26). The molecule has 2 rings (SSSR count). The molecule has 0 bridgehead atoms. The minimum atomic E-state index is -0.212. The van der Waals surface area contributed by atoms with Gasteiger partial charge in [-0.3, -0.25) is 0 Å². The highest BCUT2D eigenvalue weighted by atomic mass is 19.1. The number of methoxy groups -OCH3 is 1. The largest absolute Gasteiger partial charge is 0.493 e. The number of aliphatic imine (C=N–C) groups is 1. The third-order valence-electron chi connectivity index (χ3n) is 4.04. The molecule has 0 aliphatic carbocycles. The predicted octanol–water partition coefficient (Wildman–Crippen LogP) is 3.54. The number of hydrogen-bond acceptors (Lipinski definition) is 3. The lowest BCUT2D eigenvalue weighted by Gasteiger charge is -2.12. The van der Waals surface area contributed by atoms with Crippen LogP contribution in [0, 0.1) is 5.82 Å². The molecule has 0 fully saturated rings. The van der Waals surface area contributed by atoms with Gasteiger partial charge in [0, 0.05) is 33.2 Å². The van der Waals surface area contributed by atoms with Crippen LogP contribution >= 0.6 is 0 Å². The molecule has 0 aliphatic rings. The van der Waals surface area contributed by atoms with Crippen molar-refractivity contribution in [2.24, 2.45) is 4.99 Å². The lowest BCUT2D eigenvalue weighted by atomic mass is 10.1. The second-order valence-electron chi connectivity index (χ2n) is 6.34. The van der Waals surface area contributed by atoms with Crippen molar-refractivity contribution in [3.8, 4) is 5.75 Å². The maximum Gasteiger partial charge on any atom is 0.191 e. The van der Waals surface area contributed by atoms with Crippen LogP contribution in [0.4, 0.5) is 4.39 Å². The second kappa shape index (κ2) is 12.7. The highest BCUT2D eigenvalue weighted by Crippen LogP contribution is 2.14. The number of benzene rings is 2. The lowest BCUT2D eigenvalue weighted by Crippen LogP contribution is -2.38. The Morgan fingerprint density at radius 1 is 1.04 bits per heavy atom. The molecule has 0 saturated heterocycles. The number of rotatable bonds is 11. The van der Waals surface area contributed by atoms with Crippen molar-refractivity contribution in [3.63, 3.8) is 0 Å². The summed E-state index contributed by atoms with van der Waals surface area (Å²) in [6.45, 7) is 5.42. The zero-order valence-electron chi connectivity index (χ0n) is 16.7. The van der Waals surface area contributed by atoms with Crippen LogP contribution < -0.4 is 15.4 Å². The van der Waals surface area contributed by atoms with Gasteiger partial charge in [0.2, 0.25) is 0 Å². The van der Waals surface area contributed by atoms with Crippen LogP contribution in [-0.2, 0) is 17.7 Å². The van der Waals surface area contributed by atoms with Gasteiger partial charge in [-0.1, -0.05) is 24.3 Å². The van der Waals surface area contributed by atoms with E-state index in [0.29, 0.717) is 19.8 Å². The van der Waals surface area contributed by atoms with Crippen molar-refractivity contribution in [1.82, 2.24) is 10.6 Å². The monoisotopic (exact) mass is 387 g/mol. The van der Waals surface area contributed by atoms with E-state index in [9.17, 15) is 4.39 Å². The van der Waals surface area contributed by atoms with Crippen LogP contribution in [0.1, 0.15) is 24.5 Å². The van der Waals surface area contributed by atoms with Crippen LogP contribution in [0.2, 0.25) is 0 Å². The zero-order valence-corrected chi connectivity index (χ0v) is 16.7. The van der Waals surface area contributed by atoms with Crippen molar-refractivity contribution in [1.29, 1.82) is 0 Å². The van der Waals surface area contributed by atoms with E-state index < -0.39 is 0 Å². The number of hydrogen-bond donors (Lipinski definition) is 2. The van der Waals surface area contributed by atoms with Crippen molar-refractivity contribution in [2.45, 2.75) is 26.3 Å². The summed E-state index contributed by atoms with van der Waals surface area (Å²) in [5, 5.41) is 6.56. The molecule has 0 spiro atoms. The van der Waals surface area contributed by atoms with Gasteiger partial charge in [-0.25, -0.2) is 9.38 Å². The van der Waals surface area contributed by atoms with Gasteiger partial charge < -0.3 is 20.1 Å². The Bertz CT molecular complexity index is 720. The van der Waals surface area contributed by atoms with Gasteiger partial charge in [0.05, 0.1) is 13.2 Å². The normalized spacial score (nSPS) is 11.3. The fourth-order valence-electron chi connectivity index (χ4n) is 2.62. The first kappa shape index (κ1) is 21.7. The minimum absolute atomic E-state index is 0.212. The molecule has 2 N–H and O–H groups in total. The molecule has 2 aromatic rings. The molecule has 0 amide bonds. The van der Waals surface area contributed by atoms with Crippen molar-refractivity contribution in [3.05, 3.63) is 65.5 Å². The number of nitrogens with zero attached hydrogens (tertiary/aromatic N) is 1. The van der Waals surface area contributed by atoms with Crippen LogP contribution in [0.3, 0.4) is 0 Å².